The van der Waals surface area contributed by atoms with E-state index in [4.69, 9.17) is 10.5 Å². The van der Waals surface area contributed by atoms with Gasteiger partial charge in [0.1, 0.15) is 0 Å². The van der Waals surface area contributed by atoms with E-state index >= 15 is 0 Å². The number of ether oxygens (including phenoxy) is 1. The highest BCUT2D eigenvalue weighted by Crippen LogP contribution is 2.19. The standard InChI is InChI=1S/C16H20N2O2/c1-20-12-14-8-10-18(11-14)16(19)15-6-4-13(5-7-15)3-2-9-17/h4-7,14H,8-12,17H2,1H3. The van der Waals surface area contributed by atoms with Crippen LogP contribution < -0.4 is 5.73 Å². The lowest BCUT2D eigenvalue weighted by Crippen LogP contribution is -2.29. The van der Waals surface area contributed by atoms with Gasteiger partial charge >= 0.3 is 0 Å². The van der Waals surface area contributed by atoms with Gasteiger partial charge in [0.15, 0.2) is 0 Å². The zero-order valence-corrected chi connectivity index (χ0v) is 11.8. The summed E-state index contributed by atoms with van der Waals surface area (Å²) in [5.74, 6) is 6.29. The minimum atomic E-state index is 0.0851. The summed E-state index contributed by atoms with van der Waals surface area (Å²) in [6.07, 6.45) is 1.01. The van der Waals surface area contributed by atoms with Gasteiger partial charge in [-0.3, -0.25) is 4.79 Å². The first-order chi connectivity index (χ1) is 9.74. The third-order valence-electron chi connectivity index (χ3n) is 3.44. The summed E-state index contributed by atoms with van der Waals surface area (Å²) in [4.78, 5) is 14.2. The minimum absolute atomic E-state index is 0.0851. The topological polar surface area (TPSA) is 55.6 Å². The highest BCUT2D eigenvalue weighted by molar-refractivity contribution is 5.94. The molecule has 2 rings (SSSR count). The Kier molecular flexibility index (Phi) is 5.16. The number of rotatable bonds is 3. The number of benzene rings is 1. The Bertz CT molecular complexity index is 514. The number of nitrogens with two attached hydrogens (primary N) is 1. The van der Waals surface area contributed by atoms with Crippen LogP contribution >= 0.6 is 0 Å². The molecule has 1 amide bonds. The van der Waals surface area contributed by atoms with Gasteiger partial charge in [0.2, 0.25) is 0 Å². The lowest BCUT2D eigenvalue weighted by atomic mass is 10.1. The number of nitrogens with zero attached hydrogens (tertiary/aromatic N) is 1. The van der Waals surface area contributed by atoms with Crippen molar-refractivity contribution in [2.75, 3.05) is 33.4 Å². The molecule has 1 aliphatic heterocycles. The lowest BCUT2D eigenvalue weighted by Gasteiger charge is -2.16. The second kappa shape index (κ2) is 7.09. The van der Waals surface area contributed by atoms with E-state index in [-0.39, 0.29) is 5.91 Å². The summed E-state index contributed by atoms with van der Waals surface area (Å²) in [6, 6.07) is 7.37. The highest BCUT2D eigenvalue weighted by Gasteiger charge is 2.26. The van der Waals surface area contributed by atoms with Gasteiger partial charge in [0.25, 0.3) is 5.91 Å². The van der Waals surface area contributed by atoms with E-state index in [0.29, 0.717) is 18.0 Å². The third-order valence-corrected chi connectivity index (χ3v) is 3.44. The fourth-order valence-corrected chi connectivity index (χ4v) is 2.42. The number of amides is 1. The number of carbonyl (C=O) groups is 1. The van der Waals surface area contributed by atoms with Crippen LogP contribution in [-0.4, -0.2) is 44.2 Å². The normalized spacial score (nSPS) is 17.7. The molecule has 0 bridgehead atoms. The van der Waals surface area contributed by atoms with Crippen LogP contribution in [0.3, 0.4) is 0 Å². The monoisotopic (exact) mass is 272 g/mol. The maximum Gasteiger partial charge on any atom is 0.253 e. The molecule has 106 valence electrons. The maximum atomic E-state index is 12.4. The molecule has 0 radical (unpaired) electrons. The molecule has 1 aliphatic rings. The average Bonchev–Trinajstić information content (AvgIpc) is 2.94. The zero-order valence-electron chi connectivity index (χ0n) is 11.8. The van der Waals surface area contributed by atoms with Crippen LogP contribution in [0.1, 0.15) is 22.3 Å². The van der Waals surface area contributed by atoms with E-state index in [0.717, 1.165) is 31.7 Å². The third kappa shape index (κ3) is 3.60. The van der Waals surface area contributed by atoms with Gasteiger partial charge in [0, 0.05) is 37.2 Å². The lowest BCUT2D eigenvalue weighted by molar-refractivity contribution is 0.0775. The fraction of sp³-hybridized carbons (Fsp3) is 0.438. The summed E-state index contributed by atoms with van der Waals surface area (Å²) in [5.41, 5.74) is 6.92. The molecule has 1 aromatic carbocycles. The Morgan fingerprint density at radius 1 is 1.45 bits per heavy atom. The second-order valence-corrected chi connectivity index (χ2v) is 4.94. The van der Waals surface area contributed by atoms with Gasteiger partial charge in [-0.1, -0.05) is 11.8 Å². The van der Waals surface area contributed by atoms with Gasteiger partial charge < -0.3 is 15.4 Å². The Hall–Kier alpha value is -1.83. The van der Waals surface area contributed by atoms with E-state index in [1.54, 1.807) is 7.11 Å². The quantitative estimate of drug-likeness (QED) is 0.839. The summed E-state index contributed by atoms with van der Waals surface area (Å²) in [7, 11) is 1.70. The summed E-state index contributed by atoms with van der Waals surface area (Å²) in [6.45, 7) is 2.65. The summed E-state index contributed by atoms with van der Waals surface area (Å²) >= 11 is 0. The van der Waals surface area contributed by atoms with Crippen LogP contribution in [0.2, 0.25) is 0 Å². The molecule has 1 saturated heterocycles. The summed E-state index contributed by atoms with van der Waals surface area (Å²) < 4.78 is 5.15. The van der Waals surface area contributed by atoms with Crippen molar-refractivity contribution in [2.24, 2.45) is 11.7 Å². The molecule has 20 heavy (non-hydrogen) atoms. The van der Waals surface area contributed by atoms with Gasteiger partial charge in [-0.15, -0.1) is 0 Å². The van der Waals surface area contributed by atoms with Crippen molar-refractivity contribution >= 4 is 5.91 Å². The Balaban J connectivity index is 1.99. The fourth-order valence-electron chi connectivity index (χ4n) is 2.42. The molecule has 0 saturated carbocycles. The van der Waals surface area contributed by atoms with Crippen molar-refractivity contribution in [1.82, 2.24) is 4.90 Å². The number of likely N-dealkylation sites (tertiary alicyclic amines) is 1. The smallest absolute Gasteiger partial charge is 0.253 e. The van der Waals surface area contributed by atoms with Crippen molar-refractivity contribution in [2.45, 2.75) is 6.42 Å². The molecule has 1 atom stereocenters. The largest absolute Gasteiger partial charge is 0.384 e. The predicted octanol–water partition coefficient (Wildman–Crippen LogP) is 1.11. The van der Waals surface area contributed by atoms with E-state index in [2.05, 4.69) is 11.8 Å². The van der Waals surface area contributed by atoms with Gasteiger partial charge in [-0.2, -0.15) is 0 Å². The van der Waals surface area contributed by atoms with E-state index in [9.17, 15) is 4.79 Å². The number of methoxy groups -OCH3 is 1. The molecule has 0 aromatic heterocycles. The molecule has 1 fully saturated rings. The molecule has 4 heteroatoms. The number of hydrogen-bond acceptors (Lipinski definition) is 3. The van der Waals surface area contributed by atoms with Crippen LogP contribution in [-0.2, 0) is 4.74 Å². The first-order valence-electron chi connectivity index (χ1n) is 6.82. The molecule has 2 N–H and O–H groups in total. The Labute approximate surface area is 119 Å². The van der Waals surface area contributed by atoms with Crippen LogP contribution in [0.15, 0.2) is 24.3 Å². The van der Waals surface area contributed by atoms with Crippen LogP contribution in [0.5, 0.6) is 0 Å². The molecule has 4 nitrogen and oxygen atoms in total. The number of hydrogen-bond donors (Lipinski definition) is 1. The zero-order chi connectivity index (χ0) is 14.4. The molecular weight excluding hydrogens is 252 g/mol. The van der Waals surface area contributed by atoms with Crippen molar-refractivity contribution in [3.8, 4) is 11.8 Å². The average molecular weight is 272 g/mol. The first kappa shape index (κ1) is 14.6. The van der Waals surface area contributed by atoms with Crippen LogP contribution in [0, 0.1) is 17.8 Å². The maximum absolute atomic E-state index is 12.4. The van der Waals surface area contributed by atoms with Crippen molar-refractivity contribution in [3.63, 3.8) is 0 Å². The minimum Gasteiger partial charge on any atom is -0.384 e. The molecule has 1 unspecified atom stereocenters. The second-order valence-electron chi connectivity index (χ2n) is 4.94. The molecule has 1 heterocycles. The van der Waals surface area contributed by atoms with E-state index in [1.807, 2.05) is 29.2 Å². The van der Waals surface area contributed by atoms with Crippen molar-refractivity contribution < 1.29 is 9.53 Å². The Morgan fingerprint density at radius 3 is 2.85 bits per heavy atom. The van der Waals surface area contributed by atoms with E-state index in [1.165, 1.54) is 0 Å². The Morgan fingerprint density at radius 2 is 2.20 bits per heavy atom. The molecule has 1 aromatic rings. The molecule has 0 aliphatic carbocycles. The molecular formula is C16H20N2O2. The predicted molar refractivity (Wildman–Crippen MR) is 78.3 cm³/mol. The number of carbonyl (C=O) groups excluding carboxylic acids is 1. The molecule has 0 spiro atoms. The summed E-state index contributed by atoms with van der Waals surface area (Å²) in [5, 5.41) is 0. The van der Waals surface area contributed by atoms with Crippen LogP contribution in [0.4, 0.5) is 0 Å². The van der Waals surface area contributed by atoms with Crippen molar-refractivity contribution in [1.29, 1.82) is 0 Å². The first-order valence-corrected chi connectivity index (χ1v) is 6.82. The van der Waals surface area contributed by atoms with Crippen molar-refractivity contribution in [3.05, 3.63) is 35.4 Å². The highest BCUT2D eigenvalue weighted by atomic mass is 16.5. The van der Waals surface area contributed by atoms with Crippen LogP contribution in [0.25, 0.3) is 0 Å². The van der Waals surface area contributed by atoms with Gasteiger partial charge in [0.05, 0.1) is 13.2 Å². The van der Waals surface area contributed by atoms with E-state index < -0.39 is 0 Å². The van der Waals surface area contributed by atoms with Gasteiger partial charge in [-0.05, 0) is 30.7 Å². The van der Waals surface area contributed by atoms with Gasteiger partial charge in [-0.25, -0.2) is 0 Å². The SMILES string of the molecule is COCC1CCN(C(=O)c2ccc(C#CCN)cc2)C1.